The Hall–Kier alpha value is -2.04. The normalized spacial score (nSPS) is 13.0. The lowest BCUT2D eigenvalue weighted by molar-refractivity contribution is -0.131. The number of amides is 1. The standard InChI is InChI=1S/C15H23N3O2/c1-3-10-18(11-4-2)15(19)13(14(16)17-20)12-8-6-5-7-9-12/h5-9,13,20H,3-4,10-11H2,1-2H3,(H2,16,17). The molecule has 5 nitrogen and oxygen atoms in total. The van der Waals surface area contributed by atoms with Gasteiger partial charge >= 0.3 is 0 Å². The minimum atomic E-state index is -0.723. The number of hydrogen-bond acceptors (Lipinski definition) is 3. The molecule has 0 fully saturated rings. The summed E-state index contributed by atoms with van der Waals surface area (Å²) in [5.41, 5.74) is 6.47. The molecule has 1 unspecified atom stereocenters. The van der Waals surface area contributed by atoms with Gasteiger partial charge in [-0.2, -0.15) is 0 Å². The van der Waals surface area contributed by atoms with Crippen molar-refractivity contribution in [3.05, 3.63) is 35.9 Å². The Labute approximate surface area is 120 Å². The van der Waals surface area contributed by atoms with Gasteiger partial charge in [-0.1, -0.05) is 49.3 Å². The van der Waals surface area contributed by atoms with Gasteiger partial charge in [0, 0.05) is 13.1 Å². The second-order valence-electron chi connectivity index (χ2n) is 4.69. The molecule has 0 radical (unpaired) electrons. The van der Waals surface area contributed by atoms with Gasteiger partial charge in [0.05, 0.1) is 0 Å². The number of nitrogens with two attached hydrogens (primary N) is 1. The Balaban J connectivity index is 3.07. The highest BCUT2D eigenvalue weighted by molar-refractivity contribution is 6.07. The summed E-state index contributed by atoms with van der Waals surface area (Å²) in [4.78, 5) is 14.5. The van der Waals surface area contributed by atoms with Crippen LogP contribution < -0.4 is 5.73 Å². The third-order valence-corrected chi connectivity index (χ3v) is 3.09. The van der Waals surface area contributed by atoms with E-state index in [9.17, 15) is 4.79 Å². The van der Waals surface area contributed by atoms with Crippen LogP contribution in [0.2, 0.25) is 0 Å². The van der Waals surface area contributed by atoms with Crippen LogP contribution in [0.15, 0.2) is 35.5 Å². The molecule has 1 aromatic carbocycles. The van der Waals surface area contributed by atoms with Crippen molar-refractivity contribution in [3.63, 3.8) is 0 Å². The maximum atomic E-state index is 12.7. The summed E-state index contributed by atoms with van der Waals surface area (Å²) in [7, 11) is 0. The van der Waals surface area contributed by atoms with Crippen molar-refractivity contribution in [2.24, 2.45) is 10.9 Å². The first-order valence-corrected chi connectivity index (χ1v) is 6.96. The smallest absolute Gasteiger partial charge is 0.237 e. The summed E-state index contributed by atoms with van der Waals surface area (Å²) in [5.74, 6) is -0.909. The Bertz CT molecular complexity index is 440. The van der Waals surface area contributed by atoms with E-state index in [0.29, 0.717) is 13.1 Å². The zero-order chi connectivity index (χ0) is 15.0. The highest BCUT2D eigenvalue weighted by Crippen LogP contribution is 2.19. The van der Waals surface area contributed by atoms with Crippen molar-refractivity contribution in [2.45, 2.75) is 32.6 Å². The van der Waals surface area contributed by atoms with Crippen LogP contribution in [0.25, 0.3) is 0 Å². The molecular formula is C15H23N3O2. The predicted octanol–water partition coefficient (Wildman–Crippen LogP) is 2.17. The van der Waals surface area contributed by atoms with Crippen molar-refractivity contribution in [3.8, 4) is 0 Å². The SMILES string of the molecule is CCCN(CCC)C(=O)C(C(N)=NO)c1ccccc1. The Kier molecular flexibility index (Phi) is 6.56. The van der Waals surface area contributed by atoms with E-state index in [-0.39, 0.29) is 11.7 Å². The van der Waals surface area contributed by atoms with Gasteiger partial charge in [-0.15, -0.1) is 0 Å². The molecule has 20 heavy (non-hydrogen) atoms. The third-order valence-electron chi connectivity index (χ3n) is 3.09. The molecule has 5 heteroatoms. The van der Waals surface area contributed by atoms with Crippen molar-refractivity contribution in [1.82, 2.24) is 4.90 Å². The third kappa shape index (κ3) is 3.98. The summed E-state index contributed by atoms with van der Waals surface area (Å²) in [6.45, 7) is 5.40. The molecule has 0 aliphatic carbocycles. The topological polar surface area (TPSA) is 78.9 Å². The quantitative estimate of drug-likeness (QED) is 0.347. The van der Waals surface area contributed by atoms with Crippen LogP contribution >= 0.6 is 0 Å². The summed E-state index contributed by atoms with van der Waals surface area (Å²) in [6, 6.07) is 9.18. The summed E-state index contributed by atoms with van der Waals surface area (Å²) >= 11 is 0. The van der Waals surface area contributed by atoms with Crippen LogP contribution in [0.4, 0.5) is 0 Å². The fraction of sp³-hybridized carbons (Fsp3) is 0.467. The molecule has 1 atom stereocenters. The van der Waals surface area contributed by atoms with Crippen LogP contribution in [0.5, 0.6) is 0 Å². The van der Waals surface area contributed by atoms with E-state index < -0.39 is 5.92 Å². The first-order chi connectivity index (χ1) is 9.65. The lowest BCUT2D eigenvalue weighted by atomic mass is 9.96. The number of rotatable bonds is 7. The number of amidine groups is 1. The van der Waals surface area contributed by atoms with Crippen LogP contribution in [-0.4, -0.2) is 34.9 Å². The van der Waals surface area contributed by atoms with Gasteiger partial charge in [0.2, 0.25) is 5.91 Å². The van der Waals surface area contributed by atoms with Gasteiger partial charge in [-0.3, -0.25) is 4.79 Å². The number of nitrogens with zero attached hydrogens (tertiary/aromatic N) is 2. The number of oxime groups is 1. The first kappa shape index (κ1) is 16.0. The van der Waals surface area contributed by atoms with Gasteiger partial charge in [0.1, 0.15) is 5.92 Å². The average molecular weight is 277 g/mol. The molecule has 0 heterocycles. The first-order valence-electron chi connectivity index (χ1n) is 6.96. The molecule has 1 amide bonds. The fourth-order valence-corrected chi connectivity index (χ4v) is 2.20. The van der Waals surface area contributed by atoms with Gasteiger partial charge in [-0.05, 0) is 18.4 Å². The van der Waals surface area contributed by atoms with E-state index in [0.717, 1.165) is 18.4 Å². The van der Waals surface area contributed by atoms with Crippen LogP contribution in [-0.2, 0) is 4.79 Å². The molecule has 0 aliphatic heterocycles. The van der Waals surface area contributed by atoms with Crippen molar-refractivity contribution >= 4 is 11.7 Å². The Morgan fingerprint density at radius 1 is 1.25 bits per heavy atom. The molecule has 0 bridgehead atoms. The summed E-state index contributed by atoms with van der Waals surface area (Å²) in [5, 5.41) is 12.0. The molecule has 3 N–H and O–H groups in total. The number of hydrogen-bond donors (Lipinski definition) is 2. The molecule has 0 saturated heterocycles. The number of benzene rings is 1. The van der Waals surface area contributed by atoms with Gasteiger partial charge in [0.25, 0.3) is 0 Å². The molecule has 0 spiro atoms. The van der Waals surface area contributed by atoms with E-state index in [4.69, 9.17) is 10.9 Å². The highest BCUT2D eigenvalue weighted by Gasteiger charge is 2.28. The Morgan fingerprint density at radius 3 is 2.25 bits per heavy atom. The molecule has 1 aromatic rings. The largest absolute Gasteiger partial charge is 0.409 e. The van der Waals surface area contributed by atoms with E-state index >= 15 is 0 Å². The minimum Gasteiger partial charge on any atom is -0.409 e. The van der Waals surface area contributed by atoms with E-state index in [2.05, 4.69) is 5.16 Å². The molecule has 0 saturated carbocycles. The second kappa shape index (κ2) is 8.19. The van der Waals surface area contributed by atoms with Gasteiger partial charge < -0.3 is 15.8 Å². The van der Waals surface area contributed by atoms with Crippen molar-refractivity contribution in [1.29, 1.82) is 0 Å². The lowest BCUT2D eigenvalue weighted by Crippen LogP contribution is -2.41. The maximum absolute atomic E-state index is 12.7. The summed E-state index contributed by atoms with van der Waals surface area (Å²) < 4.78 is 0. The van der Waals surface area contributed by atoms with E-state index in [1.165, 1.54) is 0 Å². The fourth-order valence-electron chi connectivity index (χ4n) is 2.20. The molecule has 1 rings (SSSR count). The maximum Gasteiger partial charge on any atom is 0.237 e. The number of carbonyl (C=O) groups excluding carboxylic acids is 1. The zero-order valence-corrected chi connectivity index (χ0v) is 12.1. The molecule has 0 aromatic heterocycles. The lowest BCUT2D eigenvalue weighted by Gasteiger charge is -2.26. The second-order valence-corrected chi connectivity index (χ2v) is 4.69. The summed E-state index contributed by atoms with van der Waals surface area (Å²) in [6.07, 6.45) is 1.76. The van der Waals surface area contributed by atoms with Crippen LogP contribution in [0, 0.1) is 0 Å². The molecule has 110 valence electrons. The molecular weight excluding hydrogens is 254 g/mol. The van der Waals surface area contributed by atoms with E-state index in [1.54, 1.807) is 4.90 Å². The highest BCUT2D eigenvalue weighted by atomic mass is 16.4. The van der Waals surface area contributed by atoms with Gasteiger partial charge in [0.15, 0.2) is 5.84 Å². The van der Waals surface area contributed by atoms with Crippen molar-refractivity contribution < 1.29 is 10.0 Å². The predicted molar refractivity (Wildman–Crippen MR) is 79.8 cm³/mol. The molecule has 0 aliphatic rings. The van der Waals surface area contributed by atoms with E-state index in [1.807, 2.05) is 44.2 Å². The average Bonchev–Trinajstić information content (AvgIpc) is 2.48. The van der Waals surface area contributed by atoms with Gasteiger partial charge in [-0.25, -0.2) is 0 Å². The number of carbonyl (C=O) groups is 1. The van der Waals surface area contributed by atoms with Crippen molar-refractivity contribution in [2.75, 3.05) is 13.1 Å². The van der Waals surface area contributed by atoms with Crippen LogP contribution in [0.1, 0.15) is 38.2 Å². The minimum absolute atomic E-state index is 0.0709. The Morgan fingerprint density at radius 2 is 1.80 bits per heavy atom. The van der Waals surface area contributed by atoms with Crippen LogP contribution in [0.3, 0.4) is 0 Å². The zero-order valence-electron chi connectivity index (χ0n) is 12.1. The monoisotopic (exact) mass is 277 g/mol.